The molecule has 20 heavy (non-hydrogen) atoms. The summed E-state index contributed by atoms with van der Waals surface area (Å²) in [6, 6.07) is 13.9. The normalized spacial score (nSPS) is 17.1. The van der Waals surface area contributed by atoms with Crippen LogP contribution in [0.15, 0.2) is 42.5 Å². The van der Waals surface area contributed by atoms with Gasteiger partial charge in [-0.1, -0.05) is 18.2 Å². The van der Waals surface area contributed by atoms with Gasteiger partial charge in [-0.15, -0.1) is 0 Å². The number of benzene rings is 2. The van der Waals surface area contributed by atoms with Crippen molar-refractivity contribution < 1.29 is 9.90 Å². The van der Waals surface area contributed by atoms with E-state index in [1.54, 1.807) is 12.1 Å². The number of para-hydroxylation sites is 1. The summed E-state index contributed by atoms with van der Waals surface area (Å²) >= 11 is 0. The van der Waals surface area contributed by atoms with Gasteiger partial charge in [0.15, 0.2) is 5.78 Å². The number of ketones is 1. The van der Waals surface area contributed by atoms with Gasteiger partial charge in [0.05, 0.1) is 5.56 Å². The highest BCUT2D eigenvalue weighted by atomic mass is 16.3. The average molecular weight is 267 g/mol. The van der Waals surface area contributed by atoms with Gasteiger partial charge in [0.1, 0.15) is 5.75 Å². The van der Waals surface area contributed by atoms with Crippen LogP contribution in [0.3, 0.4) is 0 Å². The predicted octanol–water partition coefficient (Wildman–Crippen LogP) is 3.68. The van der Waals surface area contributed by atoms with Gasteiger partial charge in [-0.2, -0.15) is 0 Å². The zero-order chi connectivity index (χ0) is 14.3. The zero-order valence-corrected chi connectivity index (χ0v) is 11.6. The number of carbonyl (C=O) groups excluding carboxylic acids is 1. The van der Waals surface area contributed by atoms with Crippen molar-refractivity contribution in [3.8, 4) is 5.75 Å². The molecule has 3 rings (SSSR count). The summed E-state index contributed by atoms with van der Waals surface area (Å²) in [4.78, 5) is 13.6. The van der Waals surface area contributed by atoms with Crippen LogP contribution in [0, 0.1) is 0 Å². The van der Waals surface area contributed by atoms with E-state index in [2.05, 4.69) is 24.0 Å². The van der Waals surface area contributed by atoms with Crippen LogP contribution in [0.1, 0.15) is 29.8 Å². The number of aromatic hydroxyl groups is 1. The highest BCUT2D eigenvalue weighted by Crippen LogP contribution is 2.39. The van der Waals surface area contributed by atoms with Crippen molar-refractivity contribution in [1.29, 1.82) is 0 Å². The van der Waals surface area contributed by atoms with E-state index in [-0.39, 0.29) is 11.5 Å². The third kappa shape index (κ3) is 1.95. The number of nitrogens with zero attached hydrogens (tertiary/aromatic N) is 1. The molecule has 2 aromatic carbocycles. The number of hydrogen-bond acceptors (Lipinski definition) is 3. The molecule has 0 radical (unpaired) electrons. The van der Waals surface area contributed by atoms with E-state index < -0.39 is 0 Å². The second kappa shape index (κ2) is 4.67. The third-order valence-corrected chi connectivity index (χ3v) is 3.85. The molecular weight excluding hydrogens is 250 g/mol. The van der Waals surface area contributed by atoms with E-state index in [0.29, 0.717) is 11.6 Å². The fraction of sp³-hybridized carbons (Fsp3) is 0.235. The van der Waals surface area contributed by atoms with Crippen molar-refractivity contribution in [3.63, 3.8) is 0 Å². The van der Waals surface area contributed by atoms with E-state index in [9.17, 15) is 9.90 Å². The Balaban J connectivity index is 2.06. The van der Waals surface area contributed by atoms with Crippen molar-refractivity contribution in [2.45, 2.75) is 26.3 Å². The van der Waals surface area contributed by atoms with E-state index in [0.717, 1.165) is 12.1 Å². The van der Waals surface area contributed by atoms with Crippen LogP contribution in [-0.4, -0.2) is 16.9 Å². The van der Waals surface area contributed by atoms with E-state index in [1.807, 2.05) is 18.2 Å². The minimum Gasteiger partial charge on any atom is -0.507 e. The predicted molar refractivity (Wildman–Crippen MR) is 79.9 cm³/mol. The van der Waals surface area contributed by atoms with Crippen molar-refractivity contribution in [2.75, 3.05) is 4.90 Å². The molecule has 1 unspecified atom stereocenters. The Kier molecular flexibility index (Phi) is 2.97. The van der Waals surface area contributed by atoms with Crippen molar-refractivity contribution in [2.24, 2.45) is 0 Å². The SMILES string of the molecule is CC(=O)c1ccc(N2c3ccccc3CC2C)cc1O. The summed E-state index contributed by atoms with van der Waals surface area (Å²) in [5, 5.41) is 10.0. The molecule has 102 valence electrons. The van der Waals surface area contributed by atoms with Crippen LogP contribution in [0.25, 0.3) is 0 Å². The lowest BCUT2D eigenvalue weighted by Crippen LogP contribution is -2.23. The lowest BCUT2D eigenvalue weighted by atomic mass is 10.1. The molecule has 0 aliphatic carbocycles. The quantitative estimate of drug-likeness (QED) is 0.844. The lowest BCUT2D eigenvalue weighted by Gasteiger charge is -2.25. The number of hydrogen-bond donors (Lipinski definition) is 1. The monoisotopic (exact) mass is 267 g/mol. The number of carbonyl (C=O) groups is 1. The molecule has 1 heterocycles. The number of phenols is 1. The fourth-order valence-electron chi connectivity index (χ4n) is 2.93. The van der Waals surface area contributed by atoms with Gasteiger partial charge in [-0.3, -0.25) is 4.79 Å². The van der Waals surface area contributed by atoms with Gasteiger partial charge in [-0.05, 0) is 44.0 Å². The number of fused-ring (bicyclic) bond motifs is 1. The second-order valence-corrected chi connectivity index (χ2v) is 5.31. The first-order chi connectivity index (χ1) is 9.58. The molecule has 0 fully saturated rings. The maximum absolute atomic E-state index is 11.4. The molecule has 1 atom stereocenters. The molecule has 3 heteroatoms. The minimum absolute atomic E-state index is 0.0478. The lowest BCUT2D eigenvalue weighted by molar-refractivity contribution is 0.101. The van der Waals surface area contributed by atoms with Gasteiger partial charge < -0.3 is 10.0 Å². The molecule has 0 aromatic heterocycles. The maximum Gasteiger partial charge on any atom is 0.163 e. The topological polar surface area (TPSA) is 40.5 Å². The van der Waals surface area contributed by atoms with Gasteiger partial charge >= 0.3 is 0 Å². The first-order valence-corrected chi connectivity index (χ1v) is 6.79. The zero-order valence-electron chi connectivity index (χ0n) is 11.6. The van der Waals surface area contributed by atoms with Gasteiger partial charge in [-0.25, -0.2) is 0 Å². The Labute approximate surface area is 118 Å². The van der Waals surface area contributed by atoms with E-state index in [1.165, 1.54) is 18.2 Å². The molecule has 0 spiro atoms. The Morgan fingerprint density at radius 1 is 1.25 bits per heavy atom. The summed E-state index contributed by atoms with van der Waals surface area (Å²) in [7, 11) is 0. The largest absolute Gasteiger partial charge is 0.507 e. The van der Waals surface area contributed by atoms with Crippen molar-refractivity contribution in [3.05, 3.63) is 53.6 Å². The van der Waals surface area contributed by atoms with Crippen LogP contribution in [0.5, 0.6) is 5.75 Å². The minimum atomic E-state index is -0.121. The van der Waals surface area contributed by atoms with Gasteiger partial charge in [0.2, 0.25) is 0 Å². The molecule has 0 saturated heterocycles. The van der Waals surface area contributed by atoms with Crippen LogP contribution >= 0.6 is 0 Å². The molecule has 1 aliphatic rings. The Bertz CT molecular complexity index is 678. The smallest absolute Gasteiger partial charge is 0.163 e. The molecule has 0 bridgehead atoms. The molecule has 3 nitrogen and oxygen atoms in total. The van der Waals surface area contributed by atoms with E-state index in [4.69, 9.17) is 0 Å². The summed E-state index contributed by atoms with van der Waals surface area (Å²) in [6.45, 7) is 3.62. The fourth-order valence-corrected chi connectivity index (χ4v) is 2.93. The van der Waals surface area contributed by atoms with Crippen molar-refractivity contribution in [1.82, 2.24) is 0 Å². The van der Waals surface area contributed by atoms with Gasteiger partial charge in [0, 0.05) is 23.5 Å². The number of rotatable bonds is 2. The molecule has 2 aromatic rings. The second-order valence-electron chi connectivity index (χ2n) is 5.31. The average Bonchev–Trinajstić information content (AvgIpc) is 2.73. The number of phenolic OH excluding ortho intramolecular Hbond substituents is 1. The Hall–Kier alpha value is -2.29. The van der Waals surface area contributed by atoms with Crippen LogP contribution in [-0.2, 0) is 6.42 Å². The molecular formula is C17H17NO2. The van der Waals surface area contributed by atoms with Gasteiger partial charge in [0.25, 0.3) is 0 Å². The first kappa shape index (κ1) is 12.7. The molecule has 1 N–H and O–H groups in total. The van der Waals surface area contributed by atoms with Crippen LogP contribution in [0.4, 0.5) is 11.4 Å². The number of Topliss-reactive ketones (excluding diaryl/α,β-unsaturated/α-hetero) is 1. The molecule has 0 saturated carbocycles. The highest BCUT2D eigenvalue weighted by molar-refractivity contribution is 5.97. The summed E-state index contributed by atoms with van der Waals surface area (Å²) < 4.78 is 0. The number of anilines is 2. The van der Waals surface area contributed by atoms with Crippen LogP contribution < -0.4 is 4.90 Å². The molecule has 0 amide bonds. The molecule has 1 aliphatic heterocycles. The summed E-state index contributed by atoms with van der Waals surface area (Å²) in [6.07, 6.45) is 0.991. The summed E-state index contributed by atoms with van der Waals surface area (Å²) in [5.41, 5.74) is 3.78. The Morgan fingerprint density at radius 3 is 2.70 bits per heavy atom. The maximum atomic E-state index is 11.4. The third-order valence-electron chi connectivity index (χ3n) is 3.85. The highest BCUT2D eigenvalue weighted by Gasteiger charge is 2.27. The first-order valence-electron chi connectivity index (χ1n) is 6.79. The summed E-state index contributed by atoms with van der Waals surface area (Å²) in [5.74, 6) is -0.0736. The Morgan fingerprint density at radius 2 is 2.00 bits per heavy atom. The standard InChI is InChI=1S/C17H17NO2/c1-11-9-13-5-3-4-6-16(13)18(11)14-7-8-15(12(2)19)17(20)10-14/h3-8,10-11,20H,9H2,1-2H3. The van der Waals surface area contributed by atoms with Crippen molar-refractivity contribution >= 4 is 17.2 Å². The van der Waals surface area contributed by atoms with E-state index >= 15 is 0 Å². The van der Waals surface area contributed by atoms with Crippen LogP contribution in [0.2, 0.25) is 0 Å².